The molecule has 0 spiro atoms. The van der Waals surface area contributed by atoms with Crippen molar-refractivity contribution in [3.05, 3.63) is 45.0 Å². The highest BCUT2D eigenvalue weighted by molar-refractivity contribution is 9.11. The van der Waals surface area contributed by atoms with Crippen molar-refractivity contribution in [2.75, 3.05) is 0 Å². The zero-order valence-electron chi connectivity index (χ0n) is 8.59. The van der Waals surface area contributed by atoms with Gasteiger partial charge >= 0.3 is 0 Å². The topological polar surface area (TPSA) is 9.23 Å². The van der Waals surface area contributed by atoms with Gasteiger partial charge in [-0.15, -0.1) is 5.73 Å². The molecule has 3 rings (SSSR count). The van der Waals surface area contributed by atoms with Gasteiger partial charge in [0.25, 0.3) is 0 Å². The van der Waals surface area contributed by atoms with Gasteiger partial charge in [0.2, 0.25) is 0 Å². The fraction of sp³-hybridized carbons (Fsp3) is 0.308. The third-order valence-electron chi connectivity index (χ3n) is 3.46. The SMILES string of the molecule is C=C=CC12CCC1c1cc(Br)cc(Br)c1O2. The average Bonchev–Trinajstić information content (AvgIpc) is 2.38. The third-order valence-corrected chi connectivity index (χ3v) is 4.51. The van der Waals surface area contributed by atoms with E-state index in [9.17, 15) is 0 Å². The van der Waals surface area contributed by atoms with Gasteiger partial charge in [-0.25, -0.2) is 0 Å². The van der Waals surface area contributed by atoms with Gasteiger partial charge in [0.05, 0.1) is 4.47 Å². The van der Waals surface area contributed by atoms with Crippen molar-refractivity contribution in [3.63, 3.8) is 0 Å². The highest BCUT2D eigenvalue weighted by Crippen LogP contribution is 2.59. The number of rotatable bonds is 1. The van der Waals surface area contributed by atoms with E-state index in [1.807, 2.05) is 12.1 Å². The molecule has 16 heavy (non-hydrogen) atoms. The third kappa shape index (κ3) is 1.29. The highest BCUT2D eigenvalue weighted by atomic mass is 79.9. The van der Waals surface area contributed by atoms with Crippen LogP contribution in [0.25, 0.3) is 0 Å². The van der Waals surface area contributed by atoms with E-state index in [2.05, 4.69) is 50.2 Å². The fourth-order valence-corrected chi connectivity index (χ4v) is 3.97. The second kappa shape index (κ2) is 3.49. The minimum Gasteiger partial charge on any atom is -0.480 e. The molecule has 0 aromatic heterocycles. The van der Waals surface area contributed by atoms with Crippen molar-refractivity contribution in [2.45, 2.75) is 24.4 Å². The molecule has 0 radical (unpaired) electrons. The molecule has 1 fully saturated rings. The van der Waals surface area contributed by atoms with Crippen molar-refractivity contribution in [3.8, 4) is 5.75 Å². The molecular formula is C13H10Br2O. The molecule has 82 valence electrons. The molecule has 1 aliphatic carbocycles. The van der Waals surface area contributed by atoms with Crippen molar-refractivity contribution >= 4 is 31.9 Å². The Morgan fingerprint density at radius 3 is 2.94 bits per heavy atom. The van der Waals surface area contributed by atoms with Crippen LogP contribution >= 0.6 is 31.9 Å². The number of hydrogen-bond acceptors (Lipinski definition) is 1. The molecule has 0 bridgehead atoms. The Labute approximate surface area is 111 Å². The largest absolute Gasteiger partial charge is 0.480 e. The van der Waals surface area contributed by atoms with Crippen molar-refractivity contribution in [2.24, 2.45) is 0 Å². The first-order valence-electron chi connectivity index (χ1n) is 5.21. The minimum atomic E-state index is -0.173. The Morgan fingerprint density at radius 1 is 1.50 bits per heavy atom. The molecular weight excluding hydrogens is 332 g/mol. The lowest BCUT2D eigenvalue weighted by atomic mass is 9.68. The van der Waals surface area contributed by atoms with Crippen LogP contribution in [-0.4, -0.2) is 5.60 Å². The number of fused-ring (bicyclic) bond motifs is 3. The zero-order valence-corrected chi connectivity index (χ0v) is 11.8. The summed E-state index contributed by atoms with van der Waals surface area (Å²) in [5.74, 6) is 1.45. The quantitative estimate of drug-likeness (QED) is 0.680. The van der Waals surface area contributed by atoms with E-state index in [0.717, 1.165) is 21.1 Å². The number of ether oxygens (including phenoxy) is 1. The van der Waals surface area contributed by atoms with E-state index in [-0.39, 0.29) is 5.60 Å². The Balaban J connectivity index is 2.15. The molecule has 0 amide bonds. The van der Waals surface area contributed by atoms with E-state index in [4.69, 9.17) is 4.74 Å². The van der Waals surface area contributed by atoms with Gasteiger partial charge in [-0.1, -0.05) is 22.5 Å². The summed E-state index contributed by atoms with van der Waals surface area (Å²) in [4.78, 5) is 0. The molecule has 0 saturated heterocycles. The lowest BCUT2D eigenvalue weighted by Gasteiger charge is -2.40. The molecule has 3 heteroatoms. The summed E-state index contributed by atoms with van der Waals surface area (Å²) in [7, 11) is 0. The normalized spacial score (nSPS) is 29.5. The summed E-state index contributed by atoms with van der Waals surface area (Å²) in [6.45, 7) is 3.66. The first-order chi connectivity index (χ1) is 7.66. The van der Waals surface area contributed by atoms with E-state index >= 15 is 0 Å². The molecule has 1 nitrogen and oxygen atoms in total. The molecule has 2 aliphatic rings. The standard InChI is InChI=1S/C13H10Br2O/c1-2-4-13-5-3-10(13)9-6-8(14)7-11(15)12(9)16-13/h4,6-7,10H,1,3,5H2. The van der Waals surface area contributed by atoms with Crippen LogP contribution in [0.2, 0.25) is 0 Å². The fourth-order valence-electron chi connectivity index (χ4n) is 2.63. The molecule has 2 unspecified atom stereocenters. The van der Waals surface area contributed by atoms with Crippen LogP contribution in [0, 0.1) is 0 Å². The summed E-state index contributed by atoms with van der Waals surface area (Å²) in [6, 6.07) is 4.18. The number of halogens is 2. The van der Waals surface area contributed by atoms with Gasteiger partial charge in [0.15, 0.2) is 0 Å². The van der Waals surface area contributed by atoms with E-state index in [1.165, 1.54) is 12.0 Å². The summed E-state index contributed by atoms with van der Waals surface area (Å²) >= 11 is 7.07. The van der Waals surface area contributed by atoms with Crippen molar-refractivity contribution < 1.29 is 4.74 Å². The van der Waals surface area contributed by atoms with Gasteiger partial charge in [0, 0.05) is 22.0 Å². The predicted molar refractivity (Wildman–Crippen MR) is 70.9 cm³/mol. The van der Waals surface area contributed by atoms with Gasteiger partial charge in [-0.3, -0.25) is 0 Å². The molecule has 1 aliphatic heterocycles. The molecule has 1 saturated carbocycles. The van der Waals surface area contributed by atoms with E-state index in [0.29, 0.717) is 5.92 Å². The summed E-state index contributed by atoms with van der Waals surface area (Å²) in [6.07, 6.45) is 4.20. The molecule has 2 atom stereocenters. The maximum atomic E-state index is 6.09. The molecule has 1 heterocycles. The van der Waals surface area contributed by atoms with Gasteiger partial charge in [-0.05, 0) is 40.9 Å². The lowest BCUT2D eigenvalue weighted by Crippen LogP contribution is -2.44. The number of benzene rings is 1. The number of hydrogen-bond donors (Lipinski definition) is 0. The second-order valence-electron chi connectivity index (χ2n) is 4.30. The van der Waals surface area contributed by atoms with Crippen LogP contribution in [0.5, 0.6) is 5.75 Å². The highest BCUT2D eigenvalue weighted by Gasteiger charge is 2.54. The van der Waals surface area contributed by atoms with Gasteiger partial charge in [0.1, 0.15) is 11.4 Å². The van der Waals surface area contributed by atoms with Crippen molar-refractivity contribution in [1.29, 1.82) is 0 Å². The Bertz CT molecular complexity index is 517. The van der Waals surface area contributed by atoms with Crippen LogP contribution in [0.4, 0.5) is 0 Å². The van der Waals surface area contributed by atoms with Crippen LogP contribution in [-0.2, 0) is 0 Å². The summed E-state index contributed by atoms with van der Waals surface area (Å²) in [5.41, 5.74) is 3.99. The Morgan fingerprint density at radius 2 is 2.31 bits per heavy atom. The lowest BCUT2D eigenvalue weighted by molar-refractivity contribution is 0.0433. The van der Waals surface area contributed by atoms with Crippen LogP contribution in [0.3, 0.4) is 0 Å². The maximum absolute atomic E-state index is 6.09. The second-order valence-corrected chi connectivity index (χ2v) is 6.07. The zero-order chi connectivity index (χ0) is 11.3. The molecule has 1 aromatic carbocycles. The van der Waals surface area contributed by atoms with E-state index in [1.54, 1.807) is 0 Å². The van der Waals surface area contributed by atoms with E-state index < -0.39 is 0 Å². The molecule has 0 N–H and O–H groups in total. The van der Waals surface area contributed by atoms with Crippen LogP contribution in [0.1, 0.15) is 24.3 Å². The average molecular weight is 342 g/mol. The van der Waals surface area contributed by atoms with Crippen molar-refractivity contribution in [1.82, 2.24) is 0 Å². The van der Waals surface area contributed by atoms with Crippen LogP contribution in [0.15, 0.2) is 39.5 Å². The Kier molecular flexibility index (Phi) is 2.32. The maximum Gasteiger partial charge on any atom is 0.141 e. The summed E-state index contributed by atoms with van der Waals surface area (Å²) in [5, 5.41) is 0. The first-order valence-corrected chi connectivity index (χ1v) is 6.80. The minimum absolute atomic E-state index is 0.173. The molecule has 1 aromatic rings. The monoisotopic (exact) mass is 340 g/mol. The summed E-state index contributed by atoms with van der Waals surface area (Å²) < 4.78 is 8.20. The van der Waals surface area contributed by atoms with Gasteiger partial charge < -0.3 is 4.74 Å². The smallest absolute Gasteiger partial charge is 0.141 e. The van der Waals surface area contributed by atoms with Crippen LogP contribution < -0.4 is 4.74 Å². The van der Waals surface area contributed by atoms with Gasteiger partial charge in [-0.2, -0.15) is 0 Å². The first kappa shape index (κ1) is 10.6. The Hall–Kier alpha value is -0.500. The predicted octanol–water partition coefficient (Wildman–Crippen LogP) is 4.56.